The molecule has 0 rings (SSSR count). The minimum Gasteiger partial charge on any atom is -0.462 e. The van der Waals surface area contributed by atoms with E-state index in [4.69, 9.17) is 37.0 Å². The van der Waals surface area contributed by atoms with E-state index in [0.29, 0.717) is 32.1 Å². The lowest BCUT2D eigenvalue weighted by molar-refractivity contribution is -0.161. The SMILES string of the molecule is CCCCC/C=C\C/C=C\C/C=C\C/C=C\CCCC(=O)O[C@H](COC(=O)CCCCCCCCCCCCCCC)COP(=O)(O)OC[C@H](O)COP(=O)(O)OC[C@@H](COC(=O)CCCCCCC/C=C\C/C=C\CCCCC)OC(=O)CCCCCCC/C=C\CCCCCC. The van der Waals surface area contributed by atoms with E-state index in [9.17, 15) is 43.2 Å². The molecule has 17 nitrogen and oxygen atoms in total. The van der Waals surface area contributed by atoms with Gasteiger partial charge in [0, 0.05) is 25.7 Å². The fraction of sp³-hybridized carbons (Fsp3) is 0.772. The van der Waals surface area contributed by atoms with Gasteiger partial charge in [-0.15, -0.1) is 0 Å². The number of aliphatic hydroxyl groups is 1. The summed E-state index contributed by atoms with van der Waals surface area (Å²) in [5, 5.41) is 10.6. The van der Waals surface area contributed by atoms with Crippen LogP contribution in [0, 0.1) is 0 Å². The number of carbonyl (C=O) groups excluding carboxylic acids is 4. The van der Waals surface area contributed by atoms with Crippen molar-refractivity contribution in [3.8, 4) is 0 Å². The largest absolute Gasteiger partial charge is 0.472 e. The number of esters is 4. The molecule has 0 aliphatic heterocycles. The highest BCUT2D eigenvalue weighted by Gasteiger charge is 2.30. The zero-order valence-corrected chi connectivity index (χ0v) is 63.7. The highest BCUT2D eigenvalue weighted by molar-refractivity contribution is 7.47. The summed E-state index contributed by atoms with van der Waals surface area (Å²) >= 11 is 0. The van der Waals surface area contributed by atoms with Gasteiger partial charge in [-0.2, -0.15) is 0 Å². The molecule has 19 heteroatoms. The summed E-state index contributed by atoms with van der Waals surface area (Å²) in [6.45, 7) is 4.75. The van der Waals surface area contributed by atoms with Crippen molar-refractivity contribution in [1.82, 2.24) is 0 Å². The third kappa shape index (κ3) is 70.7. The van der Waals surface area contributed by atoms with Crippen LogP contribution in [0.15, 0.2) is 85.1 Å². The molecular formula is C79H140O17P2. The number of unbranched alkanes of at least 4 members (excludes halogenated alkanes) is 33. The molecule has 3 N–H and O–H groups in total. The molecule has 0 saturated carbocycles. The third-order valence-corrected chi connectivity index (χ3v) is 18.2. The highest BCUT2D eigenvalue weighted by Crippen LogP contribution is 2.45. The number of phosphoric acid groups is 2. The van der Waals surface area contributed by atoms with Gasteiger partial charge in [-0.3, -0.25) is 37.3 Å². The van der Waals surface area contributed by atoms with Crippen LogP contribution in [-0.4, -0.2) is 96.7 Å². The minimum atomic E-state index is -4.98. The van der Waals surface area contributed by atoms with Gasteiger partial charge in [0.15, 0.2) is 12.2 Å². The summed E-state index contributed by atoms with van der Waals surface area (Å²) in [4.78, 5) is 72.8. The third-order valence-electron chi connectivity index (χ3n) is 16.3. The fourth-order valence-corrected chi connectivity index (χ4v) is 11.9. The van der Waals surface area contributed by atoms with E-state index in [-0.39, 0.29) is 25.7 Å². The van der Waals surface area contributed by atoms with Crippen molar-refractivity contribution in [2.75, 3.05) is 39.6 Å². The molecule has 5 atom stereocenters. The molecular weight excluding hydrogens is 1280 g/mol. The van der Waals surface area contributed by atoms with Gasteiger partial charge < -0.3 is 33.8 Å². The van der Waals surface area contributed by atoms with Gasteiger partial charge in [0.2, 0.25) is 0 Å². The van der Waals surface area contributed by atoms with Gasteiger partial charge >= 0.3 is 39.5 Å². The van der Waals surface area contributed by atoms with E-state index in [0.717, 1.165) is 128 Å². The molecule has 0 saturated heterocycles. The molecule has 0 aliphatic carbocycles. The average Bonchev–Trinajstić information content (AvgIpc) is 1.02. The van der Waals surface area contributed by atoms with Gasteiger partial charge in [0.25, 0.3) is 0 Å². The van der Waals surface area contributed by atoms with Gasteiger partial charge in [0.05, 0.1) is 26.4 Å². The zero-order valence-electron chi connectivity index (χ0n) is 62.0. The number of carbonyl (C=O) groups is 4. The normalized spacial score (nSPS) is 14.4. The van der Waals surface area contributed by atoms with Crippen LogP contribution >= 0.6 is 15.6 Å². The Balaban J connectivity index is 5.39. The van der Waals surface area contributed by atoms with Crippen molar-refractivity contribution in [2.24, 2.45) is 0 Å². The summed E-state index contributed by atoms with van der Waals surface area (Å²) in [6, 6.07) is 0. The smallest absolute Gasteiger partial charge is 0.462 e. The summed E-state index contributed by atoms with van der Waals surface area (Å²) in [5.74, 6) is -2.25. The van der Waals surface area contributed by atoms with Crippen molar-refractivity contribution in [1.29, 1.82) is 0 Å². The number of rotatable bonds is 73. The Hall–Kier alpha value is -3.76. The van der Waals surface area contributed by atoms with Crippen molar-refractivity contribution < 1.29 is 80.2 Å². The van der Waals surface area contributed by atoms with Crippen molar-refractivity contribution in [3.63, 3.8) is 0 Å². The first-order valence-corrected chi connectivity index (χ1v) is 41.8. The molecule has 0 bridgehead atoms. The number of hydrogen-bond donors (Lipinski definition) is 3. The van der Waals surface area contributed by atoms with Gasteiger partial charge in [-0.1, -0.05) is 273 Å². The zero-order chi connectivity index (χ0) is 71.8. The molecule has 0 aromatic carbocycles. The number of ether oxygens (including phenoxy) is 4. The molecule has 0 heterocycles. The summed E-state index contributed by atoms with van der Waals surface area (Å²) < 4.78 is 68.4. The van der Waals surface area contributed by atoms with Gasteiger partial charge in [-0.25, -0.2) is 9.13 Å². The molecule has 0 aromatic rings. The standard InChI is InChI=1S/C79H140O17P2/c1-5-9-13-17-21-25-29-33-35-36-38-42-46-50-54-58-62-66-79(84)96-75(69-89-76(81)63-59-55-51-47-43-39-31-27-23-19-15-11-7-3)72-94-98(87,88)92-68-73(80)67-91-97(85,86)93-71-74(95-78(83)65-61-57-53-49-45-40-32-28-24-20-16-12-8-4)70-90-77(82)64-60-56-52-48-44-41-37-34-30-26-22-18-14-10-6-2/h21-22,25-26,28,32-35,37-38,42,50,54,73-75,80H,5-20,23-24,27,29-31,36,39-41,43-49,51-53,55-72H2,1-4H3,(H,85,86)(H,87,88)/b25-21-,26-22-,32-28-,35-33-,37-34-,42-38-,54-50-/t73-,74-,75-/m1/s1. The molecule has 0 radical (unpaired) electrons. The maximum absolute atomic E-state index is 13.1. The molecule has 0 spiro atoms. The van der Waals surface area contributed by atoms with Crippen LogP contribution in [0.2, 0.25) is 0 Å². The maximum atomic E-state index is 13.1. The Morgan fingerprint density at radius 1 is 0.286 bits per heavy atom. The van der Waals surface area contributed by atoms with Crippen LogP contribution in [-0.2, 0) is 65.4 Å². The Kier molecular flexibility index (Phi) is 68.9. The quantitative estimate of drug-likeness (QED) is 0.0169. The Bertz CT molecular complexity index is 2190. The Labute approximate surface area is 595 Å². The first-order valence-electron chi connectivity index (χ1n) is 38.8. The lowest BCUT2D eigenvalue weighted by atomic mass is 10.0. The van der Waals surface area contributed by atoms with Crippen LogP contribution in [0.4, 0.5) is 0 Å². The van der Waals surface area contributed by atoms with Crippen LogP contribution in [0.3, 0.4) is 0 Å². The lowest BCUT2D eigenvalue weighted by Gasteiger charge is -2.21. The lowest BCUT2D eigenvalue weighted by Crippen LogP contribution is -2.30. The number of phosphoric ester groups is 2. The Morgan fingerprint density at radius 3 is 0.847 bits per heavy atom. The van der Waals surface area contributed by atoms with Crippen molar-refractivity contribution in [2.45, 2.75) is 354 Å². The van der Waals surface area contributed by atoms with Crippen LogP contribution in [0.25, 0.3) is 0 Å². The van der Waals surface area contributed by atoms with E-state index >= 15 is 0 Å². The molecule has 2 unspecified atom stereocenters. The molecule has 0 fully saturated rings. The molecule has 0 amide bonds. The van der Waals surface area contributed by atoms with Crippen LogP contribution in [0.1, 0.15) is 336 Å². The molecule has 568 valence electrons. The second-order valence-corrected chi connectivity index (χ2v) is 28.9. The van der Waals surface area contributed by atoms with E-state index in [1.54, 1.807) is 0 Å². The summed E-state index contributed by atoms with van der Waals surface area (Å²) in [5.41, 5.74) is 0. The van der Waals surface area contributed by atoms with E-state index in [1.807, 2.05) is 12.2 Å². The van der Waals surface area contributed by atoms with Gasteiger partial charge in [-0.05, 0) is 122 Å². The highest BCUT2D eigenvalue weighted by atomic mass is 31.2. The second kappa shape index (κ2) is 71.6. The summed E-state index contributed by atoms with van der Waals surface area (Å²) in [6.07, 6.45) is 72.9. The monoisotopic (exact) mass is 1420 g/mol. The van der Waals surface area contributed by atoms with Crippen LogP contribution in [0.5, 0.6) is 0 Å². The molecule has 0 aromatic heterocycles. The molecule has 0 aliphatic rings. The van der Waals surface area contributed by atoms with E-state index in [1.165, 1.54) is 122 Å². The Morgan fingerprint density at radius 2 is 0.510 bits per heavy atom. The number of aliphatic hydroxyl groups excluding tert-OH is 1. The second-order valence-electron chi connectivity index (χ2n) is 25.9. The average molecular weight is 1420 g/mol. The van der Waals surface area contributed by atoms with E-state index < -0.39 is 97.5 Å². The first-order chi connectivity index (χ1) is 47.7. The predicted molar refractivity (Wildman–Crippen MR) is 399 cm³/mol. The fourth-order valence-electron chi connectivity index (χ4n) is 10.4. The predicted octanol–water partition coefficient (Wildman–Crippen LogP) is 22.2. The summed E-state index contributed by atoms with van der Waals surface area (Å²) in [7, 11) is -9.96. The van der Waals surface area contributed by atoms with Crippen molar-refractivity contribution >= 4 is 39.5 Å². The topological polar surface area (TPSA) is 237 Å². The molecule has 98 heavy (non-hydrogen) atoms. The number of allylic oxidation sites excluding steroid dienone is 14. The van der Waals surface area contributed by atoms with E-state index in [2.05, 4.69) is 101 Å². The number of hydrogen-bond acceptors (Lipinski definition) is 15. The minimum absolute atomic E-state index is 0.0217. The van der Waals surface area contributed by atoms with Gasteiger partial charge in [0.1, 0.15) is 19.3 Å². The first kappa shape index (κ1) is 94.2. The van der Waals surface area contributed by atoms with Crippen molar-refractivity contribution in [3.05, 3.63) is 85.1 Å². The maximum Gasteiger partial charge on any atom is 0.472 e. The van der Waals surface area contributed by atoms with Crippen LogP contribution < -0.4 is 0 Å².